The van der Waals surface area contributed by atoms with Gasteiger partial charge in [-0.1, -0.05) is 12.1 Å². The smallest absolute Gasteiger partial charge is 0.266 e. The second kappa shape index (κ2) is 4.43. The molecule has 20 heavy (non-hydrogen) atoms. The molecular weight excluding hydrogens is 256 g/mol. The minimum Gasteiger partial charge on any atom is -0.290 e. The van der Waals surface area contributed by atoms with Gasteiger partial charge in [-0.25, -0.2) is 10.8 Å². The molecule has 2 heterocycles. The summed E-state index contributed by atoms with van der Waals surface area (Å²) in [6.45, 7) is 1.88. The molecule has 3 N–H and O–H groups in total. The van der Waals surface area contributed by atoms with Crippen molar-refractivity contribution < 1.29 is 4.79 Å². The molecule has 3 rings (SSSR count). The Bertz CT molecular complexity index is 899. The molecule has 0 atom stereocenters. The first-order chi connectivity index (χ1) is 9.61. The van der Waals surface area contributed by atoms with Crippen LogP contribution in [0.5, 0.6) is 0 Å². The number of nitrogens with two attached hydrogens (primary N) is 1. The molecule has 6 heteroatoms. The van der Waals surface area contributed by atoms with Crippen molar-refractivity contribution >= 4 is 22.5 Å². The molecule has 0 saturated carbocycles. The summed E-state index contributed by atoms with van der Waals surface area (Å²) in [5.41, 5.74) is 3.93. The highest BCUT2D eigenvalue weighted by Gasteiger charge is 2.14. The van der Waals surface area contributed by atoms with Crippen LogP contribution in [0, 0.1) is 6.92 Å². The fourth-order valence-electron chi connectivity index (χ4n) is 2.22. The minimum atomic E-state index is -0.512. The average molecular weight is 268 g/mol. The van der Waals surface area contributed by atoms with E-state index in [2.05, 4.69) is 4.98 Å². The Morgan fingerprint density at radius 2 is 2.10 bits per heavy atom. The lowest BCUT2D eigenvalue weighted by atomic mass is 10.1. The predicted molar refractivity (Wildman–Crippen MR) is 75.4 cm³/mol. The Balaban J connectivity index is 2.52. The highest BCUT2D eigenvalue weighted by molar-refractivity contribution is 6.05. The first kappa shape index (κ1) is 12.3. The maximum atomic E-state index is 12.6. The number of rotatable bonds is 1. The molecule has 1 amide bonds. The van der Waals surface area contributed by atoms with Crippen LogP contribution in [-0.4, -0.2) is 15.3 Å². The molecule has 0 saturated heterocycles. The van der Waals surface area contributed by atoms with Crippen molar-refractivity contribution in [3.63, 3.8) is 0 Å². The number of nitrogen functional groups attached to an aromatic ring is 1. The molecule has 0 aliphatic rings. The van der Waals surface area contributed by atoms with E-state index in [-0.39, 0.29) is 16.5 Å². The van der Waals surface area contributed by atoms with Gasteiger partial charge >= 0.3 is 0 Å². The Hall–Kier alpha value is -2.73. The number of aryl methyl sites for hydroxylation is 1. The maximum Gasteiger partial charge on any atom is 0.266 e. The first-order valence-electron chi connectivity index (χ1n) is 6.04. The van der Waals surface area contributed by atoms with Gasteiger partial charge < -0.3 is 0 Å². The highest BCUT2D eigenvalue weighted by atomic mass is 16.2. The highest BCUT2D eigenvalue weighted by Crippen LogP contribution is 2.14. The molecular formula is C14H12N4O2. The van der Waals surface area contributed by atoms with Crippen LogP contribution >= 0.6 is 0 Å². The summed E-state index contributed by atoms with van der Waals surface area (Å²) in [5, 5.41) is 0.263. The molecule has 0 radical (unpaired) electrons. The number of hydrogen-bond acceptors (Lipinski definition) is 4. The Morgan fingerprint density at radius 3 is 2.85 bits per heavy atom. The molecule has 100 valence electrons. The summed E-state index contributed by atoms with van der Waals surface area (Å²) in [5.74, 6) is 4.64. The van der Waals surface area contributed by atoms with Gasteiger partial charge in [-0.3, -0.25) is 19.4 Å². The first-order valence-corrected chi connectivity index (χ1v) is 6.04. The van der Waals surface area contributed by atoms with Gasteiger partial charge in [0.1, 0.15) is 5.65 Å². The van der Waals surface area contributed by atoms with E-state index in [9.17, 15) is 9.59 Å². The van der Waals surface area contributed by atoms with Crippen molar-refractivity contribution in [3.8, 4) is 0 Å². The van der Waals surface area contributed by atoms with E-state index < -0.39 is 5.91 Å². The molecule has 0 spiro atoms. The second-order valence-electron chi connectivity index (χ2n) is 4.52. The van der Waals surface area contributed by atoms with Crippen LogP contribution in [0.3, 0.4) is 0 Å². The number of nitrogens with zero attached hydrogens (tertiary/aromatic N) is 2. The van der Waals surface area contributed by atoms with Gasteiger partial charge in [-0.15, -0.1) is 0 Å². The quantitative estimate of drug-likeness (QED) is 0.295. The largest absolute Gasteiger partial charge is 0.290 e. The third kappa shape index (κ3) is 1.74. The molecule has 0 bridgehead atoms. The Morgan fingerprint density at radius 1 is 1.30 bits per heavy atom. The van der Waals surface area contributed by atoms with Gasteiger partial charge in [0, 0.05) is 6.20 Å². The number of amides is 1. The van der Waals surface area contributed by atoms with Crippen LogP contribution in [0.2, 0.25) is 0 Å². The van der Waals surface area contributed by atoms with E-state index in [1.54, 1.807) is 30.5 Å². The second-order valence-corrected chi connectivity index (χ2v) is 4.52. The number of aromatic nitrogens is 2. The lowest BCUT2D eigenvalue weighted by molar-refractivity contribution is 0.0955. The zero-order chi connectivity index (χ0) is 14.3. The van der Waals surface area contributed by atoms with E-state index in [1.807, 2.05) is 18.4 Å². The van der Waals surface area contributed by atoms with Crippen molar-refractivity contribution in [2.45, 2.75) is 6.92 Å². The van der Waals surface area contributed by atoms with Gasteiger partial charge in [0.05, 0.1) is 16.5 Å². The lowest BCUT2D eigenvalue weighted by Gasteiger charge is -2.07. The fourth-order valence-corrected chi connectivity index (χ4v) is 2.22. The number of pyridine rings is 1. The van der Waals surface area contributed by atoms with Crippen LogP contribution in [0.15, 0.2) is 41.3 Å². The maximum absolute atomic E-state index is 12.6. The summed E-state index contributed by atoms with van der Waals surface area (Å²) < 4.78 is 1.44. The van der Waals surface area contributed by atoms with E-state index in [1.165, 1.54) is 4.40 Å². The monoisotopic (exact) mass is 268 g/mol. The van der Waals surface area contributed by atoms with Crippen molar-refractivity contribution in [2.24, 2.45) is 5.84 Å². The van der Waals surface area contributed by atoms with Crippen LogP contribution in [0.1, 0.15) is 15.9 Å². The molecule has 0 unspecified atom stereocenters. The molecule has 2 aromatic heterocycles. The van der Waals surface area contributed by atoms with E-state index >= 15 is 0 Å². The van der Waals surface area contributed by atoms with Crippen molar-refractivity contribution in [1.82, 2.24) is 14.8 Å². The number of carbonyl (C=O) groups is 1. The third-order valence-corrected chi connectivity index (χ3v) is 3.16. The predicted octanol–water partition coefficient (Wildman–Crippen LogP) is 0.760. The normalized spacial score (nSPS) is 10.9. The molecule has 0 aliphatic carbocycles. The topological polar surface area (TPSA) is 89.5 Å². The standard InChI is InChI=1S/C14H12N4O2/c1-8-5-6-11-16-10-4-2-3-9(13(19)17-15)12(10)14(20)18(11)7-8/h2-7H,15H2,1H3,(H,17,19). The van der Waals surface area contributed by atoms with Gasteiger partial charge in [-0.2, -0.15) is 0 Å². The Kier molecular flexibility index (Phi) is 2.73. The third-order valence-electron chi connectivity index (χ3n) is 3.16. The fraction of sp³-hybridized carbons (Fsp3) is 0.0714. The minimum absolute atomic E-state index is 0.221. The van der Waals surface area contributed by atoms with Crippen LogP contribution in [0.25, 0.3) is 16.6 Å². The molecule has 0 aliphatic heterocycles. The zero-order valence-electron chi connectivity index (χ0n) is 10.8. The number of fused-ring (bicyclic) bond motifs is 2. The summed E-state index contributed by atoms with van der Waals surface area (Å²) in [4.78, 5) is 28.8. The summed E-state index contributed by atoms with van der Waals surface area (Å²) in [6.07, 6.45) is 1.70. The number of hydrazine groups is 1. The Labute approximate surface area is 113 Å². The van der Waals surface area contributed by atoms with Gasteiger partial charge in [0.15, 0.2) is 0 Å². The van der Waals surface area contributed by atoms with Crippen LogP contribution in [0.4, 0.5) is 0 Å². The lowest BCUT2D eigenvalue weighted by Crippen LogP contribution is -2.31. The molecule has 3 aromatic rings. The zero-order valence-corrected chi connectivity index (χ0v) is 10.8. The molecule has 6 nitrogen and oxygen atoms in total. The van der Waals surface area contributed by atoms with Crippen molar-refractivity contribution in [2.75, 3.05) is 0 Å². The SMILES string of the molecule is Cc1ccc2nc3cccc(C(=O)NN)c3c(=O)n2c1. The van der Waals surface area contributed by atoms with Gasteiger partial charge in [-0.05, 0) is 30.7 Å². The van der Waals surface area contributed by atoms with E-state index in [0.717, 1.165) is 5.56 Å². The molecule has 1 aromatic carbocycles. The van der Waals surface area contributed by atoms with Gasteiger partial charge in [0.25, 0.3) is 11.5 Å². The number of hydrogen-bond donors (Lipinski definition) is 2. The number of carbonyl (C=O) groups excluding carboxylic acids is 1. The van der Waals surface area contributed by atoms with Gasteiger partial charge in [0.2, 0.25) is 0 Å². The van der Waals surface area contributed by atoms with E-state index in [4.69, 9.17) is 5.84 Å². The number of nitrogens with one attached hydrogen (secondary N) is 1. The summed E-state index contributed by atoms with van der Waals surface area (Å²) in [6, 6.07) is 8.57. The van der Waals surface area contributed by atoms with Crippen molar-refractivity contribution in [3.05, 3.63) is 58.0 Å². The van der Waals surface area contributed by atoms with Crippen molar-refractivity contribution in [1.29, 1.82) is 0 Å². The van der Waals surface area contributed by atoms with Crippen LogP contribution < -0.4 is 16.8 Å². The average Bonchev–Trinajstić information content (AvgIpc) is 2.47. The molecule has 0 fully saturated rings. The summed E-state index contributed by atoms with van der Waals surface area (Å²) in [7, 11) is 0. The number of benzene rings is 1. The van der Waals surface area contributed by atoms with E-state index in [0.29, 0.717) is 11.2 Å². The van der Waals surface area contributed by atoms with Crippen LogP contribution in [-0.2, 0) is 0 Å². The summed E-state index contributed by atoms with van der Waals surface area (Å²) >= 11 is 0.